The summed E-state index contributed by atoms with van der Waals surface area (Å²) in [6.45, 7) is 0. The van der Waals surface area contributed by atoms with Crippen LogP contribution in [0.2, 0.25) is 0 Å². The Bertz CT molecular complexity index is 7.61. The van der Waals surface area contributed by atoms with Crippen LogP contribution in [0.4, 0.5) is 0 Å². The van der Waals surface area contributed by atoms with Gasteiger partial charge in [0, 0.05) is 34.6 Å². The molecule has 0 saturated heterocycles. The monoisotopic (exact) mass is 251 g/mol. The van der Waals surface area contributed by atoms with Crippen molar-refractivity contribution in [3.8, 4) is 0 Å². The number of rotatable bonds is 0. The van der Waals surface area contributed by atoms with Gasteiger partial charge in [-0.1, -0.05) is 0 Å². The van der Waals surface area contributed by atoms with Crippen LogP contribution in [0.25, 0.3) is 0 Å². The molecular weight excluding hydrogens is 242 g/mol. The largest absolute Gasteiger partial charge is 0.400 e. The number of hydrogen-bond acceptors (Lipinski definition) is 2. The molecule has 0 aliphatic carbocycles. The van der Waals surface area contributed by atoms with Crippen molar-refractivity contribution in [3.05, 3.63) is 0 Å². The second kappa shape index (κ2) is 173. The van der Waals surface area contributed by atoms with E-state index in [0.717, 1.165) is 14.2 Å². The van der Waals surface area contributed by atoms with Crippen molar-refractivity contribution in [2.75, 3.05) is 14.2 Å². The molecule has 0 amide bonds. The van der Waals surface area contributed by atoms with Crippen molar-refractivity contribution in [1.29, 1.82) is 0 Å². The fourth-order valence-corrected chi connectivity index (χ4v) is 0. The van der Waals surface area contributed by atoms with E-state index in [1.54, 1.807) is 0 Å². The van der Waals surface area contributed by atoms with Crippen LogP contribution in [-0.4, -0.2) is 24.4 Å². The van der Waals surface area contributed by atoms with Gasteiger partial charge in [-0.3, -0.25) is 0 Å². The van der Waals surface area contributed by atoms with Crippen molar-refractivity contribution in [1.82, 2.24) is 0 Å². The molecule has 0 unspecified atom stereocenters. The van der Waals surface area contributed by atoms with E-state index in [1.807, 2.05) is 0 Å². The summed E-state index contributed by atoms with van der Waals surface area (Å²) in [6, 6.07) is 0. The maximum Gasteiger partial charge on any atom is 0.0319 e. The van der Waals surface area contributed by atoms with E-state index >= 15 is 0 Å². The quantitative estimate of drug-likeness (QED) is 0.592. The van der Waals surface area contributed by atoms with Gasteiger partial charge in [-0.25, -0.2) is 0 Å². The second-order valence-electron chi connectivity index (χ2n) is 0. The Balaban J connectivity index is -0.0000000133. The minimum absolute atomic E-state index is 0. The zero-order valence-electron chi connectivity index (χ0n) is 3.27. The molecule has 5 heavy (non-hydrogen) atoms. The SMILES string of the molecule is CO.CO.[Re]. The molecule has 0 aliphatic heterocycles. The normalized spacial score (nSPS) is 2.40. The van der Waals surface area contributed by atoms with Gasteiger partial charge in [0.25, 0.3) is 0 Å². The summed E-state index contributed by atoms with van der Waals surface area (Å²) >= 11 is 0. The summed E-state index contributed by atoms with van der Waals surface area (Å²) in [5.74, 6) is 0. The Labute approximate surface area is 45.5 Å². The van der Waals surface area contributed by atoms with Crippen LogP contribution in [0, 0.1) is 0 Å². The zero-order chi connectivity index (χ0) is 4.00. The van der Waals surface area contributed by atoms with Crippen LogP contribution in [0.1, 0.15) is 0 Å². The van der Waals surface area contributed by atoms with Crippen molar-refractivity contribution in [2.45, 2.75) is 0 Å². The van der Waals surface area contributed by atoms with E-state index in [0.29, 0.717) is 0 Å². The molecule has 0 fully saturated rings. The smallest absolute Gasteiger partial charge is 0.0319 e. The molecular formula is C2H8O2Re. The molecule has 0 aromatic heterocycles. The molecule has 0 aliphatic rings. The summed E-state index contributed by atoms with van der Waals surface area (Å²) in [6.07, 6.45) is 0. The van der Waals surface area contributed by atoms with Crippen LogP contribution in [0.3, 0.4) is 0 Å². The van der Waals surface area contributed by atoms with E-state index in [2.05, 4.69) is 0 Å². The first-order chi connectivity index (χ1) is 2.00. The molecule has 0 rings (SSSR count). The summed E-state index contributed by atoms with van der Waals surface area (Å²) in [4.78, 5) is 0. The summed E-state index contributed by atoms with van der Waals surface area (Å²) < 4.78 is 0. The Morgan fingerprint density at radius 3 is 0.800 bits per heavy atom. The van der Waals surface area contributed by atoms with Crippen LogP contribution >= 0.6 is 0 Å². The number of aliphatic hydroxyl groups is 2. The van der Waals surface area contributed by atoms with Gasteiger partial charge >= 0.3 is 0 Å². The fourth-order valence-electron chi connectivity index (χ4n) is 0. The van der Waals surface area contributed by atoms with E-state index in [1.165, 1.54) is 0 Å². The Morgan fingerprint density at radius 2 is 0.800 bits per heavy atom. The predicted octanol–water partition coefficient (Wildman–Crippen LogP) is -0.786. The Morgan fingerprint density at radius 1 is 0.800 bits per heavy atom. The maximum absolute atomic E-state index is 7.00. The van der Waals surface area contributed by atoms with Gasteiger partial charge in [-0.05, 0) is 0 Å². The third-order valence-electron chi connectivity index (χ3n) is 0. The van der Waals surface area contributed by atoms with Crippen molar-refractivity contribution in [2.24, 2.45) is 0 Å². The van der Waals surface area contributed by atoms with Crippen LogP contribution < -0.4 is 0 Å². The molecule has 2 nitrogen and oxygen atoms in total. The van der Waals surface area contributed by atoms with Gasteiger partial charge in [-0.2, -0.15) is 0 Å². The van der Waals surface area contributed by atoms with E-state index in [-0.39, 0.29) is 20.4 Å². The first kappa shape index (κ1) is 17.6. The third kappa shape index (κ3) is 90.1. The summed E-state index contributed by atoms with van der Waals surface area (Å²) in [5.41, 5.74) is 0. The number of aliphatic hydroxyl groups excluding tert-OH is 2. The molecule has 35 valence electrons. The molecule has 0 heterocycles. The van der Waals surface area contributed by atoms with Gasteiger partial charge in [0.1, 0.15) is 0 Å². The molecule has 0 saturated carbocycles. The van der Waals surface area contributed by atoms with Gasteiger partial charge < -0.3 is 10.2 Å². The van der Waals surface area contributed by atoms with E-state index in [4.69, 9.17) is 10.2 Å². The average molecular weight is 250 g/mol. The first-order valence-corrected chi connectivity index (χ1v) is 0.894. The Kier molecular flexibility index (Phi) is 610. The molecule has 0 spiro atoms. The van der Waals surface area contributed by atoms with Gasteiger partial charge in [0.2, 0.25) is 0 Å². The summed E-state index contributed by atoms with van der Waals surface area (Å²) in [5, 5.41) is 14.0. The Hall–Kier alpha value is 0.582. The first-order valence-electron chi connectivity index (χ1n) is 0.894. The molecule has 0 aromatic carbocycles. The molecule has 2 N–H and O–H groups in total. The second-order valence-corrected chi connectivity index (χ2v) is 0. The third-order valence-corrected chi connectivity index (χ3v) is 0. The molecule has 3 heteroatoms. The molecule has 0 aromatic rings. The van der Waals surface area contributed by atoms with Crippen LogP contribution in [0.5, 0.6) is 0 Å². The van der Waals surface area contributed by atoms with E-state index < -0.39 is 0 Å². The van der Waals surface area contributed by atoms with Crippen LogP contribution in [-0.2, 0) is 20.4 Å². The molecule has 0 bridgehead atoms. The van der Waals surface area contributed by atoms with Crippen molar-refractivity contribution < 1.29 is 30.6 Å². The van der Waals surface area contributed by atoms with Gasteiger partial charge in [0.15, 0.2) is 0 Å². The predicted molar refractivity (Wildman–Crippen MR) is 16.3 cm³/mol. The van der Waals surface area contributed by atoms with E-state index in [9.17, 15) is 0 Å². The fraction of sp³-hybridized carbons (Fsp3) is 1.00. The van der Waals surface area contributed by atoms with Crippen LogP contribution in [0.15, 0.2) is 0 Å². The van der Waals surface area contributed by atoms with Crippen molar-refractivity contribution in [3.63, 3.8) is 0 Å². The molecule has 0 atom stereocenters. The zero-order valence-corrected chi connectivity index (χ0v) is 5.99. The van der Waals surface area contributed by atoms with Crippen molar-refractivity contribution >= 4 is 0 Å². The maximum atomic E-state index is 7.00. The minimum atomic E-state index is 0. The minimum Gasteiger partial charge on any atom is -0.400 e. The number of hydrogen-bond donors (Lipinski definition) is 2. The van der Waals surface area contributed by atoms with Gasteiger partial charge in [-0.15, -0.1) is 0 Å². The molecule has 1 radical (unpaired) electrons. The summed E-state index contributed by atoms with van der Waals surface area (Å²) in [7, 11) is 2.00. The standard InChI is InChI=1S/2CH4O.Re/c2*1-2;/h2*2H,1H3;. The topological polar surface area (TPSA) is 40.5 Å². The van der Waals surface area contributed by atoms with Gasteiger partial charge in [0.05, 0.1) is 0 Å². The average Bonchev–Trinajstić information content (AvgIpc) is 1.50.